The number of rotatable bonds is 6. The average Bonchev–Trinajstić information content (AvgIpc) is 3.02. The van der Waals surface area contributed by atoms with E-state index in [1.807, 2.05) is 6.20 Å². The van der Waals surface area contributed by atoms with Crippen molar-refractivity contribution >= 4 is 17.6 Å². The third-order valence-corrected chi connectivity index (χ3v) is 4.69. The first kappa shape index (κ1) is 17.5. The van der Waals surface area contributed by atoms with E-state index in [0.717, 1.165) is 51.3 Å². The van der Waals surface area contributed by atoms with Gasteiger partial charge in [0.15, 0.2) is 0 Å². The second-order valence-corrected chi connectivity index (χ2v) is 6.91. The van der Waals surface area contributed by atoms with Crippen molar-refractivity contribution in [1.82, 2.24) is 24.4 Å². The molecule has 0 aromatic carbocycles. The average molecular weight is 344 g/mol. The maximum Gasteiger partial charge on any atom is 0.223 e. The fraction of sp³-hybridized carbons (Fsp3) is 0.588. The first-order valence-corrected chi connectivity index (χ1v) is 8.83. The molecule has 3 rings (SSSR count). The van der Waals surface area contributed by atoms with Gasteiger partial charge in [0.25, 0.3) is 0 Å². The first-order chi connectivity index (χ1) is 12.0. The van der Waals surface area contributed by atoms with Gasteiger partial charge >= 0.3 is 0 Å². The van der Waals surface area contributed by atoms with Crippen molar-refractivity contribution in [3.05, 3.63) is 24.3 Å². The number of hydrogen-bond acceptors (Lipinski definition) is 7. The summed E-state index contributed by atoms with van der Waals surface area (Å²) in [5.41, 5.74) is 11.5. The number of aromatic nitrogens is 4. The van der Waals surface area contributed by atoms with Crippen molar-refractivity contribution in [2.45, 2.75) is 31.7 Å². The molecule has 0 aliphatic carbocycles. The van der Waals surface area contributed by atoms with Crippen LogP contribution in [0.15, 0.2) is 18.5 Å². The Labute approximate surface area is 148 Å². The van der Waals surface area contributed by atoms with Crippen LogP contribution in [-0.4, -0.2) is 58.1 Å². The van der Waals surface area contributed by atoms with Crippen molar-refractivity contribution in [2.75, 3.05) is 50.1 Å². The molecule has 4 N–H and O–H groups in total. The minimum Gasteiger partial charge on any atom is -0.383 e. The second kappa shape index (κ2) is 7.69. The molecule has 0 spiro atoms. The molecular weight excluding hydrogens is 316 g/mol. The lowest BCUT2D eigenvalue weighted by Gasteiger charge is -2.32. The summed E-state index contributed by atoms with van der Waals surface area (Å²) in [4.78, 5) is 17.3. The standard InChI is InChI=1S/C17H28N8/c1-23(2)7-3-8-25-11-6-20-16(25)13-4-9-24(10-5-13)15-12-14(18)21-17(19)22-15/h6,11-13H,3-5,7-10H2,1-2H3,(H4,18,19,21,22). The van der Waals surface area contributed by atoms with E-state index in [4.69, 9.17) is 11.5 Å². The van der Waals surface area contributed by atoms with Gasteiger partial charge in [-0.15, -0.1) is 0 Å². The smallest absolute Gasteiger partial charge is 0.223 e. The van der Waals surface area contributed by atoms with E-state index in [0.29, 0.717) is 11.7 Å². The Morgan fingerprint density at radius 1 is 1.20 bits per heavy atom. The summed E-state index contributed by atoms with van der Waals surface area (Å²) in [5, 5.41) is 0. The fourth-order valence-corrected chi connectivity index (χ4v) is 3.43. The third-order valence-electron chi connectivity index (χ3n) is 4.69. The number of anilines is 3. The van der Waals surface area contributed by atoms with Crippen LogP contribution >= 0.6 is 0 Å². The van der Waals surface area contributed by atoms with Gasteiger partial charge in [0.2, 0.25) is 5.95 Å². The predicted molar refractivity (Wildman–Crippen MR) is 100 cm³/mol. The van der Waals surface area contributed by atoms with Crippen LogP contribution in [0.5, 0.6) is 0 Å². The molecule has 0 bridgehead atoms. The monoisotopic (exact) mass is 344 g/mol. The van der Waals surface area contributed by atoms with Crippen LogP contribution in [0.1, 0.15) is 31.0 Å². The topological polar surface area (TPSA) is 102 Å². The maximum absolute atomic E-state index is 5.78. The van der Waals surface area contributed by atoms with Gasteiger partial charge in [-0.25, -0.2) is 4.98 Å². The van der Waals surface area contributed by atoms with Crippen LogP contribution in [0.4, 0.5) is 17.6 Å². The number of piperidine rings is 1. The Morgan fingerprint density at radius 2 is 1.96 bits per heavy atom. The quantitative estimate of drug-likeness (QED) is 0.811. The number of nitrogen functional groups attached to an aromatic ring is 2. The van der Waals surface area contributed by atoms with E-state index in [-0.39, 0.29) is 5.95 Å². The Kier molecular flexibility index (Phi) is 5.37. The Hall–Kier alpha value is -2.35. The second-order valence-electron chi connectivity index (χ2n) is 6.91. The van der Waals surface area contributed by atoms with Crippen LogP contribution < -0.4 is 16.4 Å². The highest BCUT2D eigenvalue weighted by Crippen LogP contribution is 2.29. The van der Waals surface area contributed by atoms with Gasteiger partial charge in [0, 0.05) is 44.0 Å². The molecule has 136 valence electrons. The molecule has 1 aliphatic rings. The molecule has 2 aromatic heterocycles. The molecule has 0 saturated carbocycles. The predicted octanol–water partition coefficient (Wildman–Crippen LogP) is 1.17. The van der Waals surface area contributed by atoms with E-state index >= 15 is 0 Å². The zero-order chi connectivity index (χ0) is 17.8. The van der Waals surface area contributed by atoms with Gasteiger partial charge in [0.1, 0.15) is 17.5 Å². The summed E-state index contributed by atoms with van der Waals surface area (Å²) in [6, 6.07) is 1.79. The van der Waals surface area contributed by atoms with Crippen molar-refractivity contribution < 1.29 is 0 Å². The van der Waals surface area contributed by atoms with Gasteiger partial charge in [-0.2, -0.15) is 9.97 Å². The molecule has 0 unspecified atom stereocenters. The molecule has 0 amide bonds. The number of aryl methyl sites for hydroxylation is 1. The zero-order valence-corrected chi connectivity index (χ0v) is 15.1. The van der Waals surface area contributed by atoms with Gasteiger partial charge in [0.05, 0.1) is 0 Å². The molecule has 0 radical (unpaired) electrons. The van der Waals surface area contributed by atoms with Crippen molar-refractivity contribution in [2.24, 2.45) is 0 Å². The van der Waals surface area contributed by atoms with Gasteiger partial charge in [-0.3, -0.25) is 0 Å². The number of nitrogens with zero attached hydrogens (tertiary/aromatic N) is 6. The van der Waals surface area contributed by atoms with Crippen LogP contribution in [-0.2, 0) is 6.54 Å². The zero-order valence-electron chi connectivity index (χ0n) is 15.1. The van der Waals surface area contributed by atoms with Gasteiger partial charge in [-0.1, -0.05) is 0 Å². The number of nitrogens with two attached hydrogens (primary N) is 2. The summed E-state index contributed by atoms with van der Waals surface area (Å²) in [5.74, 6) is 3.16. The summed E-state index contributed by atoms with van der Waals surface area (Å²) in [7, 11) is 4.22. The third kappa shape index (κ3) is 4.39. The molecule has 2 aromatic rings. The highest BCUT2D eigenvalue weighted by atomic mass is 15.2. The Balaban J connectivity index is 1.60. The fourth-order valence-electron chi connectivity index (χ4n) is 3.43. The van der Waals surface area contributed by atoms with Crippen LogP contribution in [0.3, 0.4) is 0 Å². The van der Waals surface area contributed by atoms with Gasteiger partial charge < -0.3 is 25.8 Å². The lowest BCUT2D eigenvalue weighted by molar-refractivity contribution is 0.380. The molecule has 1 fully saturated rings. The number of imidazole rings is 1. The van der Waals surface area contributed by atoms with Crippen molar-refractivity contribution in [1.29, 1.82) is 0 Å². The minimum atomic E-state index is 0.230. The van der Waals surface area contributed by atoms with E-state index in [9.17, 15) is 0 Å². The molecule has 0 atom stereocenters. The Morgan fingerprint density at radius 3 is 2.64 bits per heavy atom. The maximum atomic E-state index is 5.78. The minimum absolute atomic E-state index is 0.230. The van der Waals surface area contributed by atoms with E-state index in [1.54, 1.807) is 6.07 Å². The lowest BCUT2D eigenvalue weighted by atomic mass is 9.96. The highest BCUT2D eigenvalue weighted by Gasteiger charge is 2.25. The molecule has 1 saturated heterocycles. The van der Waals surface area contributed by atoms with E-state index in [1.165, 1.54) is 5.82 Å². The molecule has 3 heterocycles. The van der Waals surface area contributed by atoms with Crippen molar-refractivity contribution in [3.63, 3.8) is 0 Å². The van der Waals surface area contributed by atoms with Crippen LogP contribution in [0.2, 0.25) is 0 Å². The number of hydrogen-bond donors (Lipinski definition) is 2. The van der Waals surface area contributed by atoms with Crippen LogP contribution in [0.25, 0.3) is 0 Å². The molecule has 8 heteroatoms. The molecular formula is C17H28N8. The van der Waals surface area contributed by atoms with E-state index < -0.39 is 0 Å². The lowest BCUT2D eigenvalue weighted by Crippen LogP contribution is -2.34. The van der Waals surface area contributed by atoms with Crippen LogP contribution in [0, 0.1) is 0 Å². The summed E-state index contributed by atoms with van der Waals surface area (Å²) < 4.78 is 2.31. The summed E-state index contributed by atoms with van der Waals surface area (Å²) in [6.07, 6.45) is 7.25. The molecule has 1 aliphatic heterocycles. The van der Waals surface area contributed by atoms with Gasteiger partial charge in [-0.05, 0) is 39.9 Å². The molecule has 8 nitrogen and oxygen atoms in total. The molecule has 25 heavy (non-hydrogen) atoms. The van der Waals surface area contributed by atoms with Crippen molar-refractivity contribution in [3.8, 4) is 0 Å². The summed E-state index contributed by atoms with van der Waals surface area (Å²) in [6.45, 7) is 3.95. The Bertz CT molecular complexity index is 667. The first-order valence-electron chi connectivity index (χ1n) is 8.83. The highest BCUT2D eigenvalue weighted by molar-refractivity contribution is 5.50. The van der Waals surface area contributed by atoms with E-state index in [2.05, 4.69) is 49.6 Å². The normalized spacial score (nSPS) is 15.9. The SMILES string of the molecule is CN(C)CCCn1ccnc1C1CCN(c2cc(N)nc(N)n2)CC1. The summed E-state index contributed by atoms with van der Waals surface area (Å²) >= 11 is 0. The largest absolute Gasteiger partial charge is 0.383 e.